The Kier molecular flexibility index (Phi) is 39.5. The fraction of sp³-hybridized carbons (Fsp3) is 0.500. The number of hydrogen-bond donors (Lipinski definition) is 12. The van der Waals surface area contributed by atoms with Crippen molar-refractivity contribution in [2.45, 2.75) is 50.7 Å². The van der Waals surface area contributed by atoms with Gasteiger partial charge in [-0.25, -0.2) is 9.48 Å². The van der Waals surface area contributed by atoms with Crippen LogP contribution in [0, 0.1) is 20.0 Å². The van der Waals surface area contributed by atoms with Gasteiger partial charge in [0.25, 0.3) is 0 Å². The fourth-order valence-corrected chi connectivity index (χ4v) is 3.97. The molecular weight excluding hydrogens is 920 g/mol. The molecule has 62 heavy (non-hydrogen) atoms. The van der Waals surface area contributed by atoms with E-state index in [2.05, 4.69) is 78.1 Å². The van der Waals surface area contributed by atoms with Crippen LogP contribution in [0.3, 0.4) is 0 Å². The first-order valence-electron chi connectivity index (χ1n) is 17.1. The zero-order valence-corrected chi connectivity index (χ0v) is 34.5. The van der Waals surface area contributed by atoms with E-state index in [1.807, 2.05) is 0 Å². The maximum Gasteiger partial charge on any atom is 0 e. The van der Waals surface area contributed by atoms with Gasteiger partial charge in [0.15, 0.2) is 0 Å². The van der Waals surface area contributed by atoms with Crippen molar-refractivity contribution < 1.29 is 97.0 Å². The minimum Gasteiger partial charge on any atom is 0 e. The van der Waals surface area contributed by atoms with Crippen molar-refractivity contribution in [1.82, 2.24) is 62.8 Å². The summed E-state index contributed by atoms with van der Waals surface area (Å²) < 4.78 is 23.7. The SMILES string of the molecule is N[C@H](Cc1cn(CC(=O)NCCCCC(NC(=O)CCNC(=O)CNC(=O)CNC(=O)CNC(=O)CNC(=O)CNC(=O)CNC=O)C(=O)O)nn1)C(=O)O.[C-]#[O+].[C-]#[O+].[C-]#[O+].[Tc]. The van der Waals surface area contributed by atoms with Gasteiger partial charge in [0.1, 0.15) is 18.6 Å². The Labute approximate surface area is 365 Å². The van der Waals surface area contributed by atoms with E-state index >= 15 is 0 Å². The van der Waals surface area contributed by atoms with E-state index in [9.17, 15) is 57.8 Å². The first-order chi connectivity index (χ1) is 29.1. The fourth-order valence-electron chi connectivity index (χ4n) is 3.97. The molecule has 9 amide bonds. The van der Waals surface area contributed by atoms with Crippen LogP contribution < -0.4 is 53.6 Å². The van der Waals surface area contributed by atoms with Gasteiger partial charge in [-0.2, -0.15) is 0 Å². The molecule has 1 radical (unpaired) electrons. The smallest absolute Gasteiger partial charge is 0 e. The van der Waals surface area contributed by atoms with Crippen LogP contribution in [0.15, 0.2) is 6.20 Å². The van der Waals surface area contributed by atoms with Crippen LogP contribution >= 0.6 is 0 Å². The number of carbonyl (C=O) groups excluding carboxylic acids is 9. The Balaban J connectivity index is -0.00000229. The van der Waals surface area contributed by atoms with Crippen molar-refractivity contribution >= 4 is 65.6 Å². The van der Waals surface area contributed by atoms with Gasteiger partial charge in [0.05, 0.1) is 45.0 Å². The standard InChI is InChI=1S/C29H45N13O13.3CO.Tc/c30-18(28(52)53)7-17-14-42(41-40-17)15-27(51)32-5-2-1-3-19(29(54)55)39-20(44)4-6-33-22(46)9-35-24(48)11-37-26(50)13-38-25(49)12-36-23(47)10-34-21(45)8-31-16-43;3*1-2;/h14,16,18-19H,1-13,15,30H2,(H,31,43)(H,32,51)(H,33,46)(H,34,45)(H,35,48)(H,36,47)(H,37,50)(H,38,49)(H,39,44)(H,52,53)(H,54,55);;;;/t18-,19?;;;;/m1..../s1. The molecule has 30 heteroatoms. The molecule has 0 aliphatic carbocycles. The molecule has 2 atom stereocenters. The zero-order valence-electron chi connectivity index (χ0n) is 32.6. The molecule has 0 saturated heterocycles. The summed E-state index contributed by atoms with van der Waals surface area (Å²) in [6, 6.07) is -2.38. The van der Waals surface area contributed by atoms with Crippen LogP contribution in [-0.2, 0) is 99.8 Å². The van der Waals surface area contributed by atoms with Crippen LogP contribution in [0.2, 0.25) is 0 Å². The predicted octanol–water partition coefficient (Wildman–Crippen LogP) is -8.19. The molecule has 0 saturated carbocycles. The molecule has 29 nitrogen and oxygen atoms in total. The second kappa shape index (κ2) is 39.6. The van der Waals surface area contributed by atoms with Gasteiger partial charge in [0.2, 0.25) is 53.7 Å². The van der Waals surface area contributed by atoms with E-state index in [0.717, 1.165) is 0 Å². The van der Waals surface area contributed by atoms with Crippen LogP contribution in [0.1, 0.15) is 31.4 Å². The number of aromatic nitrogens is 3. The van der Waals surface area contributed by atoms with E-state index < -0.39 is 104 Å². The summed E-state index contributed by atoms with van der Waals surface area (Å²) in [5.41, 5.74) is 5.75. The quantitative estimate of drug-likeness (QED) is 0.0161. The molecule has 0 bridgehead atoms. The molecule has 1 unspecified atom stereocenters. The minimum absolute atomic E-state index is 0. The second-order valence-electron chi connectivity index (χ2n) is 11.3. The maximum absolute atomic E-state index is 12.2. The van der Waals surface area contributed by atoms with Gasteiger partial charge >= 0.3 is 45.8 Å². The Hall–Kier alpha value is -6.86. The molecule has 0 aliphatic rings. The minimum atomic E-state index is -1.28. The van der Waals surface area contributed by atoms with E-state index in [0.29, 0.717) is 24.9 Å². The summed E-state index contributed by atoms with van der Waals surface area (Å²) >= 11 is 0. The van der Waals surface area contributed by atoms with E-state index in [-0.39, 0.29) is 65.5 Å². The van der Waals surface area contributed by atoms with Gasteiger partial charge in [-0.3, -0.25) is 47.9 Å². The van der Waals surface area contributed by atoms with E-state index in [1.54, 1.807) is 0 Å². The van der Waals surface area contributed by atoms with Crippen molar-refractivity contribution in [3.63, 3.8) is 0 Å². The second-order valence-corrected chi connectivity index (χ2v) is 11.3. The number of rotatable bonds is 28. The number of nitrogens with two attached hydrogens (primary N) is 1. The number of amides is 9. The maximum atomic E-state index is 12.2. The van der Waals surface area contributed by atoms with Crippen molar-refractivity contribution in [3.05, 3.63) is 31.8 Å². The molecule has 0 aromatic carbocycles. The third-order valence-electron chi connectivity index (χ3n) is 6.76. The molecule has 341 valence electrons. The van der Waals surface area contributed by atoms with Crippen molar-refractivity contribution in [1.29, 1.82) is 0 Å². The Morgan fingerprint density at radius 1 is 0.645 bits per heavy atom. The number of carbonyl (C=O) groups is 11. The number of carboxylic acids is 2. The Morgan fingerprint density at radius 3 is 1.52 bits per heavy atom. The third kappa shape index (κ3) is 34.0. The summed E-state index contributed by atoms with van der Waals surface area (Å²) in [6.07, 6.45) is 2.15. The van der Waals surface area contributed by atoms with Gasteiger partial charge in [-0.05, 0) is 19.3 Å². The molecule has 0 spiro atoms. The number of nitrogens with zero attached hydrogens (tertiary/aromatic N) is 3. The summed E-state index contributed by atoms with van der Waals surface area (Å²) in [4.78, 5) is 127. The molecular formula is C32H45N13O16Tc. The van der Waals surface area contributed by atoms with E-state index in [4.69, 9.17) is 24.8 Å². The molecule has 1 rings (SSSR count). The topological polar surface area (TPSA) is 453 Å². The molecule has 0 aliphatic heterocycles. The molecule has 1 aromatic heterocycles. The summed E-state index contributed by atoms with van der Waals surface area (Å²) in [6.45, 7) is 10.5. The summed E-state index contributed by atoms with van der Waals surface area (Å²) in [7, 11) is 0. The van der Waals surface area contributed by atoms with Gasteiger partial charge in [-0.1, -0.05) is 5.21 Å². The van der Waals surface area contributed by atoms with Gasteiger partial charge in [-0.15, -0.1) is 5.10 Å². The largest absolute Gasteiger partial charge is 0 e. The van der Waals surface area contributed by atoms with Crippen LogP contribution in [0.5, 0.6) is 0 Å². The molecule has 0 fully saturated rings. The summed E-state index contributed by atoms with van der Waals surface area (Å²) in [5, 5.41) is 46.3. The number of hydrogen-bond acceptors (Lipinski definition) is 14. The summed E-state index contributed by atoms with van der Waals surface area (Å²) in [5.74, 6) is -7.82. The van der Waals surface area contributed by atoms with Crippen molar-refractivity contribution in [2.75, 3.05) is 52.4 Å². The normalized spacial score (nSPS) is 10.2. The Morgan fingerprint density at radius 2 is 1.08 bits per heavy atom. The first kappa shape index (κ1) is 61.8. The molecule has 1 heterocycles. The Bertz CT molecular complexity index is 1670. The van der Waals surface area contributed by atoms with Crippen molar-refractivity contribution in [3.8, 4) is 0 Å². The average molecular weight is 966 g/mol. The zero-order chi connectivity index (χ0) is 47.2. The van der Waals surface area contributed by atoms with Crippen LogP contribution in [-0.4, -0.2) is 155 Å². The van der Waals surface area contributed by atoms with Gasteiger partial charge in [0, 0.05) is 52.2 Å². The first-order valence-corrected chi connectivity index (χ1v) is 17.1. The van der Waals surface area contributed by atoms with E-state index in [1.165, 1.54) is 10.9 Å². The van der Waals surface area contributed by atoms with Gasteiger partial charge < -0.3 is 63.8 Å². The molecule has 1 aromatic rings. The number of aliphatic carboxylic acids is 2. The predicted molar refractivity (Wildman–Crippen MR) is 194 cm³/mol. The third-order valence-corrected chi connectivity index (χ3v) is 6.76. The average Bonchev–Trinajstić information content (AvgIpc) is 3.69. The monoisotopic (exact) mass is 964 g/mol. The molecule has 13 N–H and O–H groups in total. The van der Waals surface area contributed by atoms with Crippen LogP contribution in [0.25, 0.3) is 0 Å². The van der Waals surface area contributed by atoms with Crippen molar-refractivity contribution in [2.24, 2.45) is 5.73 Å². The van der Waals surface area contributed by atoms with Crippen LogP contribution in [0.4, 0.5) is 0 Å². The number of unbranched alkanes of at least 4 members (excludes halogenated alkanes) is 1. The number of nitrogens with one attached hydrogen (secondary N) is 9. The number of carboxylic acid groups (broad SMARTS) is 2.